The molecule has 0 saturated carbocycles. The van der Waals surface area contributed by atoms with Gasteiger partial charge in [-0.3, -0.25) is 9.78 Å². The number of benzene rings is 1. The molecule has 0 aliphatic rings. The summed E-state index contributed by atoms with van der Waals surface area (Å²) in [4.78, 5) is 20.9. The fourth-order valence-electron chi connectivity index (χ4n) is 2.90. The number of nitrogens with zero attached hydrogens (tertiary/aromatic N) is 3. The third-order valence-corrected chi connectivity index (χ3v) is 7.51. The van der Waals surface area contributed by atoms with Crippen LogP contribution in [0.2, 0.25) is 0 Å². The van der Waals surface area contributed by atoms with Crippen LogP contribution in [0.5, 0.6) is 0 Å². The summed E-state index contributed by atoms with van der Waals surface area (Å²) >= 11 is 1.48. The van der Waals surface area contributed by atoms with Crippen LogP contribution in [0.25, 0.3) is 17.3 Å². The fraction of sp³-hybridized carbons (Fsp3) is 0.227. The van der Waals surface area contributed by atoms with Crippen molar-refractivity contribution in [1.29, 1.82) is 0 Å². The Morgan fingerprint density at radius 1 is 1.10 bits per heavy atom. The largest absolute Gasteiger partial charge is 0.346 e. The van der Waals surface area contributed by atoms with Crippen molar-refractivity contribution >= 4 is 33.3 Å². The van der Waals surface area contributed by atoms with E-state index in [-0.39, 0.29) is 10.8 Å². The lowest BCUT2D eigenvalue weighted by Crippen LogP contribution is -2.30. The molecular weight excluding hydrogens is 432 g/mol. The van der Waals surface area contributed by atoms with E-state index in [1.807, 2.05) is 31.4 Å². The number of amides is 1. The number of rotatable bonds is 9. The first-order valence-corrected chi connectivity index (χ1v) is 12.2. The maximum Gasteiger partial charge on any atom is 0.244 e. The minimum atomic E-state index is -3.49. The maximum atomic E-state index is 12.5. The molecule has 0 unspecified atom stereocenters. The lowest BCUT2D eigenvalue weighted by Gasteiger charge is -2.18. The third kappa shape index (κ3) is 5.84. The second-order valence-electron chi connectivity index (χ2n) is 6.57. The third-order valence-electron chi connectivity index (χ3n) is 4.59. The summed E-state index contributed by atoms with van der Waals surface area (Å²) in [5.41, 5.74) is 2.57. The molecule has 0 bridgehead atoms. The van der Waals surface area contributed by atoms with E-state index in [1.165, 1.54) is 21.7 Å². The van der Waals surface area contributed by atoms with Crippen LogP contribution in [0.15, 0.2) is 65.1 Å². The minimum absolute atomic E-state index is 0.242. The summed E-state index contributed by atoms with van der Waals surface area (Å²) < 4.78 is 26.4. The zero-order valence-corrected chi connectivity index (χ0v) is 19.0. The van der Waals surface area contributed by atoms with E-state index in [2.05, 4.69) is 15.3 Å². The van der Waals surface area contributed by atoms with Crippen molar-refractivity contribution < 1.29 is 13.2 Å². The van der Waals surface area contributed by atoms with Crippen molar-refractivity contribution in [3.05, 3.63) is 70.8 Å². The molecule has 162 valence electrons. The van der Waals surface area contributed by atoms with Crippen LogP contribution in [0.1, 0.15) is 24.4 Å². The van der Waals surface area contributed by atoms with Gasteiger partial charge in [-0.05, 0) is 35.9 Å². The van der Waals surface area contributed by atoms with E-state index in [0.717, 1.165) is 21.8 Å². The molecule has 2 heterocycles. The second kappa shape index (κ2) is 10.4. The van der Waals surface area contributed by atoms with Crippen LogP contribution in [0, 0.1) is 0 Å². The molecule has 31 heavy (non-hydrogen) atoms. The van der Waals surface area contributed by atoms with Gasteiger partial charge in [-0.1, -0.05) is 26.0 Å². The number of hydrogen-bond donors (Lipinski definition) is 1. The number of pyridine rings is 1. The van der Waals surface area contributed by atoms with Gasteiger partial charge in [0.15, 0.2) is 0 Å². The van der Waals surface area contributed by atoms with Gasteiger partial charge in [-0.2, -0.15) is 4.31 Å². The van der Waals surface area contributed by atoms with E-state index < -0.39 is 10.0 Å². The van der Waals surface area contributed by atoms with Gasteiger partial charge in [-0.15, -0.1) is 11.3 Å². The van der Waals surface area contributed by atoms with Crippen LogP contribution < -0.4 is 5.32 Å². The predicted molar refractivity (Wildman–Crippen MR) is 123 cm³/mol. The van der Waals surface area contributed by atoms with Gasteiger partial charge < -0.3 is 5.32 Å². The van der Waals surface area contributed by atoms with Gasteiger partial charge in [0.2, 0.25) is 15.9 Å². The molecule has 3 aromatic rings. The molecule has 0 fully saturated rings. The van der Waals surface area contributed by atoms with Gasteiger partial charge in [-0.25, -0.2) is 13.4 Å². The topological polar surface area (TPSA) is 92.3 Å². The number of carbonyl (C=O) groups excluding carboxylic acids is 1. The normalized spacial score (nSPS) is 11.8. The van der Waals surface area contributed by atoms with Gasteiger partial charge in [0, 0.05) is 42.5 Å². The summed E-state index contributed by atoms with van der Waals surface area (Å²) in [6, 6.07) is 10.3. The highest BCUT2D eigenvalue weighted by molar-refractivity contribution is 7.89. The van der Waals surface area contributed by atoms with E-state index >= 15 is 0 Å². The molecule has 0 aliphatic heterocycles. The average Bonchev–Trinajstić information content (AvgIpc) is 3.27. The first-order chi connectivity index (χ1) is 14.9. The average molecular weight is 457 g/mol. The first-order valence-electron chi connectivity index (χ1n) is 9.85. The number of sulfonamides is 1. The molecule has 1 aromatic carbocycles. The van der Waals surface area contributed by atoms with E-state index in [4.69, 9.17) is 0 Å². The van der Waals surface area contributed by atoms with Crippen LogP contribution >= 0.6 is 11.3 Å². The van der Waals surface area contributed by atoms with Crippen LogP contribution in [0.3, 0.4) is 0 Å². The smallest absolute Gasteiger partial charge is 0.244 e. The lowest BCUT2D eigenvalue weighted by molar-refractivity contribution is -0.116. The molecule has 0 aliphatic carbocycles. The molecule has 0 radical (unpaired) electrons. The molecule has 7 nitrogen and oxygen atoms in total. The summed E-state index contributed by atoms with van der Waals surface area (Å²) in [5, 5.41) is 5.56. The second-order valence-corrected chi connectivity index (χ2v) is 9.45. The molecule has 3 rings (SSSR count). The maximum absolute atomic E-state index is 12.5. The van der Waals surface area contributed by atoms with Crippen molar-refractivity contribution in [3.63, 3.8) is 0 Å². The Morgan fingerprint density at radius 2 is 1.77 bits per heavy atom. The Morgan fingerprint density at radius 3 is 2.42 bits per heavy atom. The van der Waals surface area contributed by atoms with Crippen LogP contribution in [-0.4, -0.2) is 41.7 Å². The van der Waals surface area contributed by atoms with Crippen molar-refractivity contribution in [3.8, 4) is 11.3 Å². The monoisotopic (exact) mass is 456 g/mol. The standard InChI is InChI=1S/C22H24N4O3S2/c1-3-26(4-2)31(28,29)19-8-5-17(6-9-19)7-10-21(27)24-15-22-25-20(16-30-22)18-11-13-23-14-12-18/h5-14,16H,3-4,15H2,1-2H3,(H,24,27)/b10-7+. The number of nitrogens with one attached hydrogen (secondary N) is 1. The highest BCUT2D eigenvalue weighted by Gasteiger charge is 2.20. The first kappa shape index (κ1) is 22.8. The molecule has 0 atom stereocenters. The van der Waals surface area contributed by atoms with Crippen LogP contribution in [-0.2, 0) is 21.4 Å². The summed E-state index contributed by atoms with van der Waals surface area (Å²) in [6.45, 7) is 4.79. The minimum Gasteiger partial charge on any atom is -0.346 e. The number of hydrogen-bond acceptors (Lipinski definition) is 6. The molecule has 0 saturated heterocycles. The zero-order chi connectivity index (χ0) is 22.3. The molecule has 1 amide bonds. The Hall–Kier alpha value is -2.88. The zero-order valence-electron chi connectivity index (χ0n) is 17.4. The molecule has 2 aromatic heterocycles. The summed E-state index contributed by atoms with van der Waals surface area (Å²) in [7, 11) is -3.49. The van der Waals surface area contributed by atoms with E-state index in [9.17, 15) is 13.2 Å². The van der Waals surface area contributed by atoms with Crippen molar-refractivity contribution in [2.24, 2.45) is 0 Å². The predicted octanol–water partition coefficient (Wildman–Crippen LogP) is 3.57. The van der Waals surface area contributed by atoms with E-state index in [0.29, 0.717) is 19.6 Å². The molecule has 9 heteroatoms. The van der Waals surface area contributed by atoms with E-state index in [1.54, 1.807) is 42.7 Å². The molecule has 0 spiro atoms. The Balaban J connectivity index is 1.56. The molecule has 1 N–H and O–H groups in total. The summed E-state index contributed by atoms with van der Waals surface area (Å²) in [5.74, 6) is -0.250. The van der Waals surface area contributed by atoms with Crippen molar-refractivity contribution in [2.45, 2.75) is 25.3 Å². The number of aromatic nitrogens is 2. The lowest BCUT2D eigenvalue weighted by atomic mass is 10.2. The van der Waals surface area contributed by atoms with Gasteiger partial charge >= 0.3 is 0 Å². The Bertz CT molecular complexity index is 1140. The highest BCUT2D eigenvalue weighted by Crippen LogP contribution is 2.21. The Labute approximate surface area is 186 Å². The summed E-state index contributed by atoms with van der Waals surface area (Å²) in [6.07, 6.45) is 6.50. The van der Waals surface area contributed by atoms with Crippen molar-refractivity contribution in [2.75, 3.05) is 13.1 Å². The Kier molecular flexibility index (Phi) is 7.67. The number of carbonyl (C=O) groups is 1. The van der Waals surface area contributed by atoms with Gasteiger partial charge in [0.1, 0.15) is 5.01 Å². The molecular formula is C22H24N4O3S2. The van der Waals surface area contributed by atoms with Crippen molar-refractivity contribution in [1.82, 2.24) is 19.6 Å². The van der Waals surface area contributed by atoms with Gasteiger partial charge in [0.05, 0.1) is 17.1 Å². The quantitative estimate of drug-likeness (QED) is 0.497. The highest BCUT2D eigenvalue weighted by atomic mass is 32.2. The van der Waals surface area contributed by atoms with Gasteiger partial charge in [0.25, 0.3) is 0 Å². The fourth-order valence-corrected chi connectivity index (χ4v) is 5.11. The SMILES string of the molecule is CCN(CC)S(=O)(=O)c1ccc(/C=C/C(=O)NCc2nc(-c3ccncc3)cs2)cc1. The van der Waals surface area contributed by atoms with Crippen LogP contribution in [0.4, 0.5) is 0 Å². The number of thiazole rings is 1.